The number of carbonyl (C=O) groups excluding carboxylic acids is 2. The zero-order chi connectivity index (χ0) is 13.0. The van der Waals surface area contributed by atoms with E-state index in [2.05, 4.69) is 0 Å². The van der Waals surface area contributed by atoms with Crippen molar-refractivity contribution >= 4 is 26.0 Å². The van der Waals surface area contributed by atoms with Gasteiger partial charge in [-0.25, -0.2) is 0 Å². The number of hydrogen-bond acceptors (Lipinski definition) is 4. The lowest BCUT2D eigenvalue weighted by atomic mass is 10.5. The highest BCUT2D eigenvalue weighted by Crippen LogP contribution is 2.36. The molecule has 0 bridgehead atoms. The van der Waals surface area contributed by atoms with Crippen molar-refractivity contribution in [1.82, 2.24) is 0 Å². The topological polar surface area (TPSA) is 109 Å². The molecular weight excluding hydrogens is 235 g/mol. The fourth-order valence-corrected chi connectivity index (χ4v) is 2.81. The van der Waals surface area contributed by atoms with Crippen molar-refractivity contribution < 1.29 is 29.4 Å². The maximum absolute atomic E-state index is 10.3. The van der Waals surface area contributed by atoms with Gasteiger partial charge < -0.3 is 10.2 Å². The van der Waals surface area contributed by atoms with Crippen LogP contribution in [-0.2, 0) is 19.2 Å². The summed E-state index contributed by atoms with van der Waals surface area (Å²) in [5.74, 6) is -1.59. The van der Waals surface area contributed by atoms with Gasteiger partial charge in [0.2, 0.25) is 0 Å². The minimum absolute atomic E-state index is 0.166. The van der Waals surface area contributed by atoms with Crippen LogP contribution in [0.5, 0.6) is 0 Å². The minimum Gasteiger partial charge on any atom is -0.481 e. The highest BCUT2D eigenvalue weighted by atomic mass is 31.1. The zero-order valence-electron chi connectivity index (χ0n) is 9.01. The van der Waals surface area contributed by atoms with E-state index in [1.807, 2.05) is 6.92 Å². The molecule has 0 aliphatic heterocycles. The Labute approximate surface area is 94.4 Å². The van der Waals surface area contributed by atoms with Gasteiger partial charge in [-0.15, -0.1) is 7.92 Å². The summed E-state index contributed by atoms with van der Waals surface area (Å²) >= 11 is 0. The molecule has 0 aromatic rings. The van der Waals surface area contributed by atoms with Gasteiger partial charge in [0.25, 0.3) is 0 Å². The van der Waals surface area contributed by atoms with Crippen molar-refractivity contribution in [3.05, 3.63) is 0 Å². The summed E-state index contributed by atoms with van der Waals surface area (Å²) in [5, 5.41) is 16.9. The van der Waals surface area contributed by atoms with Crippen LogP contribution in [0.4, 0.5) is 0 Å². The molecule has 92 valence electrons. The van der Waals surface area contributed by atoms with Gasteiger partial charge in [-0.3, -0.25) is 9.59 Å². The Hall–Kier alpha value is -1.25. The van der Waals surface area contributed by atoms with Gasteiger partial charge in [-0.2, -0.15) is 9.59 Å². The lowest BCUT2D eigenvalue weighted by molar-refractivity contribution is -0.191. The van der Waals surface area contributed by atoms with Crippen LogP contribution in [0.25, 0.3) is 0 Å². The lowest BCUT2D eigenvalue weighted by Crippen LogP contribution is -2.04. The molecule has 0 amide bonds. The fraction of sp³-hybridized carbons (Fsp3) is 0.667. The Kier molecular flexibility index (Phi) is 12.7. The van der Waals surface area contributed by atoms with Crippen LogP contribution in [0.3, 0.4) is 0 Å². The van der Waals surface area contributed by atoms with E-state index < -0.39 is 11.9 Å². The Morgan fingerprint density at radius 3 is 1.56 bits per heavy atom. The summed E-state index contributed by atoms with van der Waals surface area (Å²) in [6.45, 7) is 1.98. The van der Waals surface area contributed by atoms with Gasteiger partial charge in [0.05, 0.1) is 0 Å². The Morgan fingerprint density at radius 2 is 1.38 bits per heavy atom. The average Bonchev–Trinajstić information content (AvgIpc) is 2.18. The van der Waals surface area contributed by atoms with Crippen LogP contribution in [0.15, 0.2) is 0 Å². The molecule has 0 heterocycles. The smallest absolute Gasteiger partial charge is 0.373 e. The van der Waals surface area contributed by atoms with E-state index in [1.54, 1.807) is 0 Å². The maximum atomic E-state index is 10.3. The first-order chi connectivity index (χ1) is 7.47. The van der Waals surface area contributed by atoms with Gasteiger partial charge in [0.15, 0.2) is 0 Å². The van der Waals surface area contributed by atoms with Crippen LogP contribution < -0.4 is 0 Å². The van der Waals surface area contributed by atoms with E-state index in [9.17, 15) is 9.59 Å². The summed E-state index contributed by atoms with van der Waals surface area (Å²) in [6, 6.07) is 0. The molecule has 0 aliphatic rings. The monoisotopic (exact) mass is 250 g/mol. The molecule has 0 atom stereocenters. The van der Waals surface area contributed by atoms with Gasteiger partial charge in [-0.1, -0.05) is 6.92 Å². The third-order valence-electron chi connectivity index (χ3n) is 1.73. The Balaban J connectivity index is 0. The summed E-state index contributed by atoms with van der Waals surface area (Å²) in [7, 11) is -0.385. The third-order valence-corrected chi connectivity index (χ3v) is 4.34. The van der Waals surface area contributed by atoms with Crippen LogP contribution in [0.1, 0.15) is 19.8 Å². The van der Waals surface area contributed by atoms with Crippen molar-refractivity contribution in [2.24, 2.45) is 0 Å². The molecular formula is C9H15O6P. The van der Waals surface area contributed by atoms with Crippen molar-refractivity contribution in [3.8, 4) is 0 Å². The number of hydrogen-bond donors (Lipinski definition) is 2. The molecule has 16 heavy (non-hydrogen) atoms. The van der Waals surface area contributed by atoms with Crippen LogP contribution in [-0.4, -0.2) is 46.8 Å². The number of carboxylic acids is 2. The molecule has 0 aliphatic carbocycles. The van der Waals surface area contributed by atoms with Crippen molar-refractivity contribution in [2.75, 3.05) is 18.5 Å². The second kappa shape index (κ2) is 11.8. The molecule has 0 saturated carbocycles. The van der Waals surface area contributed by atoms with Crippen molar-refractivity contribution in [2.45, 2.75) is 19.8 Å². The lowest BCUT2D eigenvalue weighted by Gasteiger charge is -2.12. The van der Waals surface area contributed by atoms with E-state index in [1.165, 1.54) is 0 Å². The van der Waals surface area contributed by atoms with E-state index in [0.29, 0.717) is 12.3 Å². The van der Waals surface area contributed by atoms with Gasteiger partial charge >= 0.3 is 18.1 Å². The molecule has 6 nitrogen and oxygen atoms in total. The molecule has 7 heteroatoms. The highest BCUT2D eigenvalue weighted by Gasteiger charge is 2.09. The van der Waals surface area contributed by atoms with E-state index in [0.717, 1.165) is 6.16 Å². The van der Waals surface area contributed by atoms with Gasteiger partial charge in [0.1, 0.15) is 0 Å². The molecule has 0 radical (unpaired) electrons. The summed E-state index contributed by atoms with van der Waals surface area (Å²) in [6.07, 6.45) is 2.79. The third kappa shape index (κ3) is 15.2. The van der Waals surface area contributed by atoms with Crippen LogP contribution in [0.2, 0.25) is 0 Å². The SMILES string of the molecule is CCP(CCC(=O)O)CCC(=O)O.O=C=O. The van der Waals surface area contributed by atoms with Gasteiger partial charge in [0, 0.05) is 12.8 Å². The van der Waals surface area contributed by atoms with E-state index in [4.69, 9.17) is 19.8 Å². The van der Waals surface area contributed by atoms with Crippen molar-refractivity contribution in [1.29, 1.82) is 0 Å². The summed E-state index contributed by atoms with van der Waals surface area (Å²) < 4.78 is 0. The predicted octanol–water partition coefficient (Wildman–Crippen LogP) is 0.854. The summed E-state index contributed by atoms with van der Waals surface area (Å²) in [5.41, 5.74) is 0. The van der Waals surface area contributed by atoms with Crippen LogP contribution in [0, 0.1) is 0 Å². The zero-order valence-corrected chi connectivity index (χ0v) is 9.90. The number of rotatable bonds is 7. The second-order valence-corrected chi connectivity index (χ2v) is 5.67. The summed E-state index contributed by atoms with van der Waals surface area (Å²) in [4.78, 5) is 36.8. The molecule has 0 rings (SSSR count). The predicted molar refractivity (Wildman–Crippen MR) is 56.7 cm³/mol. The second-order valence-electron chi connectivity index (χ2n) is 2.81. The molecule has 0 saturated heterocycles. The number of aliphatic carboxylic acids is 2. The van der Waals surface area contributed by atoms with E-state index >= 15 is 0 Å². The maximum Gasteiger partial charge on any atom is 0.373 e. The quantitative estimate of drug-likeness (QED) is 0.648. The first kappa shape index (κ1) is 17.2. The first-order valence-electron chi connectivity index (χ1n) is 4.63. The molecule has 0 spiro atoms. The normalized spacial score (nSPS) is 8.88. The minimum atomic E-state index is -0.795. The fourth-order valence-electron chi connectivity index (χ4n) is 0.936. The molecule has 2 N–H and O–H groups in total. The molecule has 0 fully saturated rings. The molecule has 0 unspecified atom stereocenters. The average molecular weight is 250 g/mol. The Morgan fingerprint density at radius 1 is 1.06 bits per heavy atom. The van der Waals surface area contributed by atoms with Crippen LogP contribution >= 0.6 is 7.92 Å². The number of carbonyl (C=O) groups is 2. The highest BCUT2D eigenvalue weighted by molar-refractivity contribution is 7.57. The Bertz CT molecular complexity index is 228. The standard InChI is InChI=1S/C8H15O4P.CO2/c1-2-13(5-3-7(9)10)6-4-8(11)12;2-1-3/h2-6H2,1H3,(H,9,10)(H,11,12);. The molecule has 0 aromatic heterocycles. The van der Waals surface area contributed by atoms with Gasteiger partial charge in [-0.05, 0) is 18.5 Å². The van der Waals surface area contributed by atoms with E-state index in [-0.39, 0.29) is 26.9 Å². The van der Waals surface area contributed by atoms with Crippen molar-refractivity contribution in [3.63, 3.8) is 0 Å². The largest absolute Gasteiger partial charge is 0.481 e. The first-order valence-corrected chi connectivity index (χ1v) is 6.52. The number of carboxylic acid groups (broad SMARTS) is 2. The molecule has 0 aromatic carbocycles.